The van der Waals surface area contributed by atoms with E-state index in [0.717, 1.165) is 34.9 Å². The van der Waals surface area contributed by atoms with Crippen LogP contribution in [-0.2, 0) is 0 Å². The molecule has 0 bridgehead atoms. The molecule has 2 aromatic rings. The molecule has 0 amide bonds. The Balaban J connectivity index is 2.01. The second-order valence-corrected chi connectivity index (χ2v) is 5.70. The SMILES string of the molecule is COc1cc(/C=C/c2ccc(OCCN(C)C)cc2)cc(OC)c1. The Morgan fingerprint density at radius 2 is 1.38 bits per heavy atom. The minimum Gasteiger partial charge on any atom is -0.497 e. The lowest BCUT2D eigenvalue weighted by molar-refractivity contribution is 0.261. The summed E-state index contributed by atoms with van der Waals surface area (Å²) >= 11 is 0. The van der Waals surface area contributed by atoms with Crippen LogP contribution in [0.15, 0.2) is 42.5 Å². The maximum atomic E-state index is 5.70. The number of ether oxygens (including phenoxy) is 3. The number of hydrogen-bond acceptors (Lipinski definition) is 4. The van der Waals surface area contributed by atoms with Gasteiger partial charge < -0.3 is 19.1 Å². The first-order valence-electron chi connectivity index (χ1n) is 7.89. The molecule has 0 atom stereocenters. The Morgan fingerprint density at radius 3 is 1.92 bits per heavy atom. The summed E-state index contributed by atoms with van der Waals surface area (Å²) in [4.78, 5) is 2.10. The van der Waals surface area contributed by atoms with Gasteiger partial charge in [-0.15, -0.1) is 0 Å². The van der Waals surface area contributed by atoms with E-state index in [9.17, 15) is 0 Å². The van der Waals surface area contributed by atoms with E-state index in [-0.39, 0.29) is 0 Å². The van der Waals surface area contributed by atoms with Gasteiger partial charge in [0.25, 0.3) is 0 Å². The molecule has 0 aliphatic heterocycles. The molecule has 0 N–H and O–H groups in total. The van der Waals surface area contributed by atoms with Crippen LogP contribution in [0.2, 0.25) is 0 Å². The van der Waals surface area contributed by atoms with Gasteiger partial charge in [-0.05, 0) is 49.5 Å². The third-order valence-corrected chi connectivity index (χ3v) is 3.53. The third kappa shape index (κ3) is 5.63. The molecule has 0 radical (unpaired) electrons. The van der Waals surface area contributed by atoms with E-state index in [1.165, 1.54) is 0 Å². The smallest absolute Gasteiger partial charge is 0.123 e. The van der Waals surface area contributed by atoms with Crippen molar-refractivity contribution < 1.29 is 14.2 Å². The molecule has 4 nitrogen and oxygen atoms in total. The highest BCUT2D eigenvalue weighted by Gasteiger charge is 2.00. The molecular formula is C20H25NO3. The van der Waals surface area contributed by atoms with Gasteiger partial charge in [-0.2, -0.15) is 0 Å². The zero-order chi connectivity index (χ0) is 17.4. The number of likely N-dealkylation sites (N-methyl/N-ethyl adjacent to an activating group) is 1. The van der Waals surface area contributed by atoms with E-state index >= 15 is 0 Å². The number of benzene rings is 2. The Labute approximate surface area is 144 Å². The molecule has 0 heterocycles. The lowest BCUT2D eigenvalue weighted by atomic mass is 10.1. The quantitative estimate of drug-likeness (QED) is 0.690. The fourth-order valence-corrected chi connectivity index (χ4v) is 2.14. The number of nitrogens with zero attached hydrogens (tertiary/aromatic N) is 1. The fourth-order valence-electron chi connectivity index (χ4n) is 2.14. The van der Waals surface area contributed by atoms with Crippen LogP contribution in [0.25, 0.3) is 12.2 Å². The summed E-state index contributed by atoms with van der Waals surface area (Å²) in [7, 11) is 7.37. The molecule has 2 rings (SSSR count). The molecule has 0 unspecified atom stereocenters. The number of methoxy groups -OCH3 is 2. The molecule has 24 heavy (non-hydrogen) atoms. The topological polar surface area (TPSA) is 30.9 Å². The predicted molar refractivity (Wildman–Crippen MR) is 99.0 cm³/mol. The Bertz CT molecular complexity index is 641. The number of rotatable bonds is 8. The van der Waals surface area contributed by atoms with Crippen molar-refractivity contribution in [3.63, 3.8) is 0 Å². The van der Waals surface area contributed by atoms with Crippen LogP contribution < -0.4 is 14.2 Å². The van der Waals surface area contributed by atoms with Crippen molar-refractivity contribution in [2.75, 3.05) is 41.5 Å². The summed E-state index contributed by atoms with van der Waals surface area (Å²) < 4.78 is 16.3. The predicted octanol–water partition coefficient (Wildman–Crippen LogP) is 3.81. The van der Waals surface area contributed by atoms with Crippen LogP contribution >= 0.6 is 0 Å². The second kappa shape index (κ2) is 8.99. The van der Waals surface area contributed by atoms with Crippen LogP contribution in [0.3, 0.4) is 0 Å². The normalized spacial score (nSPS) is 11.0. The Hall–Kier alpha value is -2.46. The summed E-state index contributed by atoms with van der Waals surface area (Å²) in [5.74, 6) is 2.44. The molecule has 0 spiro atoms. The average Bonchev–Trinajstić information content (AvgIpc) is 2.60. The summed E-state index contributed by atoms with van der Waals surface area (Å²) in [6.07, 6.45) is 4.09. The van der Waals surface area contributed by atoms with Crippen LogP contribution in [0.1, 0.15) is 11.1 Å². The van der Waals surface area contributed by atoms with Crippen LogP contribution in [0.4, 0.5) is 0 Å². The molecule has 0 saturated carbocycles. The average molecular weight is 327 g/mol. The van der Waals surface area contributed by atoms with E-state index in [4.69, 9.17) is 14.2 Å². The second-order valence-electron chi connectivity index (χ2n) is 5.70. The molecule has 0 aliphatic carbocycles. The van der Waals surface area contributed by atoms with Gasteiger partial charge in [-0.1, -0.05) is 24.3 Å². The van der Waals surface area contributed by atoms with E-state index in [0.29, 0.717) is 6.61 Å². The van der Waals surface area contributed by atoms with Gasteiger partial charge in [0.2, 0.25) is 0 Å². The van der Waals surface area contributed by atoms with Gasteiger partial charge in [0, 0.05) is 12.6 Å². The van der Waals surface area contributed by atoms with E-state index in [2.05, 4.69) is 11.0 Å². The maximum Gasteiger partial charge on any atom is 0.123 e. The monoisotopic (exact) mass is 327 g/mol. The first-order valence-corrected chi connectivity index (χ1v) is 7.89. The van der Waals surface area contributed by atoms with Gasteiger partial charge in [-0.25, -0.2) is 0 Å². The van der Waals surface area contributed by atoms with E-state index < -0.39 is 0 Å². The first kappa shape index (κ1) is 17.9. The Morgan fingerprint density at radius 1 is 0.792 bits per heavy atom. The highest BCUT2D eigenvalue weighted by Crippen LogP contribution is 2.24. The zero-order valence-electron chi connectivity index (χ0n) is 14.8. The van der Waals surface area contributed by atoms with Crippen LogP contribution in [0.5, 0.6) is 17.2 Å². The molecule has 4 heteroatoms. The molecule has 0 saturated heterocycles. The minimum absolute atomic E-state index is 0.686. The largest absolute Gasteiger partial charge is 0.497 e. The van der Waals surface area contributed by atoms with Crippen molar-refractivity contribution in [1.82, 2.24) is 4.90 Å². The van der Waals surface area contributed by atoms with Crippen molar-refractivity contribution in [2.24, 2.45) is 0 Å². The van der Waals surface area contributed by atoms with Crippen molar-refractivity contribution >= 4 is 12.2 Å². The molecule has 0 aliphatic rings. The van der Waals surface area contributed by atoms with Gasteiger partial charge in [0.1, 0.15) is 23.9 Å². The minimum atomic E-state index is 0.686. The highest BCUT2D eigenvalue weighted by atomic mass is 16.5. The van der Waals surface area contributed by atoms with Gasteiger partial charge in [-0.3, -0.25) is 0 Å². The number of hydrogen-bond donors (Lipinski definition) is 0. The summed E-state index contributed by atoms with van der Waals surface area (Å²) in [6, 6.07) is 13.9. The summed E-state index contributed by atoms with van der Waals surface area (Å²) in [5, 5.41) is 0. The van der Waals surface area contributed by atoms with Gasteiger partial charge in [0.15, 0.2) is 0 Å². The van der Waals surface area contributed by atoms with E-state index in [1.807, 2.05) is 62.6 Å². The van der Waals surface area contributed by atoms with Crippen molar-refractivity contribution in [3.8, 4) is 17.2 Å². The first-order chi connectivity index (χ1) is 11.6. The molecular weight excluding hydrogens is 302 g/mol. The highest BCUT2D eigenvalue weighted by molar-refractivity contribution is 5.71. The third-order valence-electron chi connectivity index (χ3n) is 3.53. The van der Waals surface area contributed by atoms with E-state index in [1.54, 1.807) is 14.2 Å². The molecule has 2 aromatic carbocycles. The molecule has 0 fully saturated rings. The molecule has 0 aromatic heterocycles. The fraction of sp³-hybridized carbons (Fsp3) is 0.300. The maximum absolute atomic E-state index is 5.70. The van der Waals surface area contributed by atoms with Crippen LogP contribution in [0, 0.1) is 0 Å². The summed E-state index contributed by atoms with van der Waals surface area (Å²) in [6.45, 7) is 1.59. The lowest BCUT2D eigenvalue weighted by Gasteiger charge is -2.10. The van der Waals surface area contributed by atoms with Crippen molar-refractivity contribution in [3.05, 3.63) is 53.6 Å². The van der Waals surface area contributed by atoms with Crippen molar-refractivity contribution in [1.29, 1.82) is 0 Å². The van der Waals surface area contributed by atoms with Gasteiger partial charge in [0.05, 0.1) is 14.2 Å². The van der Waals surface area contributed by atoms with Gasteiger partial charge >= 0.3 is 0 Å². The summed E-state index contributed by atoms with van der Waals surface area (Å²) in [5.41, 5.74) is 2.13. The zero-order valence-corrected chi connectivity index (χ0v) is 14.8. The lowest BCUT2D eigenvalue weighted by Crippen LogP contribution is -2.19. The standard InChI is InChI=1S/C20H25NO3/c1-21(2)11-12-24-18-9-7-16(8-10-18)5-6-17-13-19(22-3)15-20(14-17)23-4/h5-10,13-15H,11-12H2,1-4H3/b6-5+. The Kier molecular flexibility index (Phi) is 6.70. The van der Waals surface area contributed by atoms with Crippen LogP contribution in [-0.4, -0.2) is 46.4 Å². The molecule has 128 valence electrons. The van der Waals surface area contributed by atoms with Crippen molar-refractivity contribution in [2.45, 2.75) is 0 Å².